The average molecular weight is 176 g/mol. The van der Waals surface area contributed by atoms with Crippen LogP contribution in [-0.4, -0.2) is 5.84 Å². The molecular weight excluding hydrogens is 160 g/mol. The highest BCUT2D eigenvalue weighted by atomic mass is 14.8. The summed E-state index contributed by atoms with van der Waals surface area (Å²) in [5, 5.41) is 0. The van der Waals surface area contributed by atoms with E-state index >= 15 is 0 Å². The largest absolute Gasteiger partial charge is 0.383 e. The highest BCUT2D eigenvalue weighted by molar-refractivity contribution is 5.98. The van der Waals surface area contributed by atoms with Crippen LogP contribution in [0.25, 0.3) is 0 Å². The molecular formula is C11H16N2. The summed E-state index contributed by atoms with van der Waals surface area (Å²) in [5.41, 5.74) is 7.68. The number of nitrogens with two attached hydrogens (primary N) is 1. The minimum absolute atomic E-state index is 0.479. The number of hydrogen-bond acceptors (Lipinski definition) is 1. The van der Waals surface area contributed by atoms with E-state index in [-0.39, 0.29) is 0 Å². The van der Waals surface area contributed by atoms with Crippen LogP contribution in [0.1, 0.15) is 13.3 Å². The lowest BCUT2D eigenvalue weighted by Crippen LogP contribution is -2.15. The molecule has 0 aromatic carbocycles. The highest BCUT2D eigenvalue weighted by Gasteiger charge is 2.02. The maximum atomic E-state index is 5.72. The normalized spacial score (nSPS) is 13.2. The van der Waals surface area contributed by atoms with Gasteiger partial charge in [0, 0.05) is 11.8 Å². The molecule has 0 radical (unpaired) electrons. The van der Waals surface area contributed by atoms with E-state index in [0.29, 0.717) is 12.3 Å². The Morgan fingerprint density at radius 3 is 2.38 bits per heavy atom. The van der Waals surface area contributed by atoms with Crippen LogP contribution in [0.15, 0.2) is 54.2 Å². The van der Waals surface area contributed by atoms with Gasteiger partial charge in [-0.1, -0.05) is 25.3 Å². The van der Waals surface area contributed by atoms with Crippen LogP contribution in [0.5, 0.6) is 0 Å². The Morgan fingerprint density at radius 2 is 2.00 bits per heavy atom. The molecule has 0 aromatic heterocycles. The molecule has 0 heterocycles. The van der Waals surface area contributed by atoms with Crippen molar-refractivity contribution in [3.8, 4) is 0 Å². The molecule has 2 nitrogen and oxygen atoms in total. The molecule has 13 heavy (non-hydrogen) atoms. The van der Waals surface area contributed by atoms with Gasteiger partial charge in [0.1, 0.15) is 5.84 Å². The molecule has 0 bridgehead atoms. The number of amidine groups is 1. The van der Waals surface area contributed by atoms with Crippen molar-refractivity contribution in [3.63, 3.8) is 0 Å². The number of nitrogens with zero attached hydrogens (tertiary/aromatic N) is 1. The monoisotopic (exact) mass is 176 g/mol. The van der Waals surface area contributed by atoms with Crippen molar-refractivity contribution in [2.75, 3.05) is 0 Å². The summed E-state index contributed by atoms with van der Waals surface area (Å²) in [7, 11) is 0. The molecule has 0 aliphatic carbocycles. The number of rotatable bonds is 5. The van der Waals surface area contributed by atoms with Crippen molar-refractivity contribution < 1.29 is 0 Å². The summed E-state index contributed by atoms with van der Waals surface area (Å²) < 4.78 is 0. The first kappa shape index (κ1) is 11.4. The zero-order valence-electron chi connectivity index (χ0n) is 8.09. The smallest absolute Gasteiger partial charge is 0.127 e. The van der Waals surface area contributed by atoms with Gasteiger partial charge in [0.15, 0.2) is 0 Å². The van der Waals surface area contributed by atoms with Gasteiger partial charge in [-0.25, -0.2) is 4.99 Å². The fourth-order valence-electron chi connectivity index (χ4n) is 0.911. The van der Waals surface area contributed by atoms with Crippen LogP contribution in [0.2, 0.25) is 0 Å². The van der Waals surface area contributed by atoms with Gasteiger partial charge < -0.3 is 5.73 Å². The van der Waals surface area contributed by atoms with Crippen molar-refractivity contribution in [2.24, 2.45) is 10.7 Å². The topological polar surface area (TPSA) is 38.4 Å². The van der Waals surface area contributed by atoms with Gasteiger partial charge in [0.05, 0.1) is 0 Å². The van der Waals surface area contributed by atoms with E-state index in [4.69, 9.17) is 5.73 Å². The molecule has 0 amide bonds. The molecule has 0 fully saturated rings. The molecule has 0 saturated heterocycles. The molecule has 0 rings (SSSR count). The van der Waals surface area contributed by atoms with Crippen LogP contribution in [0.4, 0.5) is 0 Å². The molecule has 0 aromatic rings. The van der Waals surface area contributed by atoms with Crippen LogP contribution in [0.3, 0.4) is 0 Å². The quantitative estimate of drug-likeness (QED) is 0.297. The third kappa shape index (κ3) is 3.56. The maximum absolute atomic E-state index is 5.72. The Labute approximate surface area is 79.9 Å². The van der Waals surface area contributed by atoms with Crippen molar-refractivity contribution in [1.29, 1.82) is 0 Å². The van der Waals surface area contributed by atoms with E-state index in [9.17, 15) is 0 Å². The maximum Gasteiger partial charge on any atom is 0.127 e. The summed E-state index contributed by atoms with van der Waals surface area (Å²) in [6.45, 7) is 12.8. The van der Waals surface area contributed by atoms with Crippen molar-refractivity contribution in [2.45, 2.75) is 13.3 Å². The van der Waals surface area contributed by atoms with E-state index in [1.807, 2.05) is 6.92 Å². The first-order valence-electron chi connectivity index (χ1n) is 4.05. The van der Waals surface area contributed by atoms with E-state index < -0.39 is 0 Å². The van der Waals surface area contributed by atoms with Crippen LogP contribution in [0, 0.1) is 0 Å². The van der Waals surface area contributed by atoms with E-state index in [1.54, 1.807) is 12.2 Å². The van der Waals surface area contributed by atoms with Crippen molar-refractivity contribution in [1.82, 2.24) is 0 Å². The fraction of sp³-hybridized carbons (Fsp3) is 0.182. The predicted octanol–water partition coefficient (Wildman–Crippen LogP) is 2.57. The predicted molar refractivity (Wildman–Crippen MR) is 59.5 cm³/mol. The van der Waals surface area contributed by atoms with Crippen molar-refractivity contribution in [3.05, 3.63) is 49.2 Å². The molecule has 0 atom stereocenters. The van der Waals surface area contributed by atoms with Crippen LogP contribution in [-0.2, 0) is 0 Å². The molecule has 0 aliphatic heterocycles. The summed E-state index contributed by atoms with van der Waals surface area (Å²) in [6.07, 6.45) is 5.66. The molecule has 0 aliphatic rings. The SMILES string of the molecule is C=CC/C(C(N)=NC=C)=C(\C)C=C. The van der Waals surface area contributed by atoms with Gasteiger partial charge in [-0.2, -0.15) is 0 Å². The van der Waals surface area contributed by atoms with Gasteiger partial charge in [-0.3, -0.25) is 0 Å². The molecule has 2 N–H and O–H groups in total. The average Bonchev–Trinajstić information content (AvgIpc) is 2.13. The minimum Gasteiger partial charge on any atom is -0.383 e. The van der Waals surface area contributed by atoms with E-state index in [2.05, 4.69) is 24.7 Å². The molecule has 2 heteroatoms. The van der Waals surface area contributed by atoms with Gasteiger partial charge in [-0.15, -0.1) is 6.58 Å². The molecule has 70 valence electrons. The van der Waals surface area contributed by atoms with Gasteiger partial charge in [0.25, 0.3) is 0 Å². The Kier molecular flexibility index (Phi) is 5.28. The Bertz CT molecular complexity index is 270. The summed E-state index contributed by atoms with van der Waals surface area (Å²) in [5.74, 6) is 0.479. The van der Waals surface area contributed by atoms with Gasteiger partial charge in [-0.05, 0) is 18.9 Å². The number of hydrogen-bond donors (Lipinski definition) is 1. The van der Waals surface area contributed by atoms with Crippen LogP contribution >= 0.6 is 0 Å². The van der Waals surface area contributed by atoms with Gasteiger partial charge in [0.2, 0.25) is 0 Å². The zero-order valence-corrected chi connectivity index (χ0v) is 8.09. The Balaban J connectivity index is 5.01. The third-order valence-corrected chi connectivity index (χ3v) is 1.67. The lowest BCUT2D eigenvalue weighted by molar-refractivity contribution is 1.24. The Morgan fingerprint density at radius 1 is 1.38 bits per heavy atom. The molecule has 0 unspecified atom stereocenters. The second-order valence-electron chi connectivity index (χ2n) is 2.56. The second-order valence-corrected chi connectivity index (χ2v) is 2.56. The molecule has 0 spiro atoms. The van der Waals surface area contributed by atoms with Crippen LogP contribution < -0.4 is 5.73 Å². The van der Waals surface area contributed by atoms with Crippen molar-refractivity contribution >= 4 is 5.84 Å². The summed E-state index contributed by atoms with van der Waals surface area (Å²) in [4.78, 5) is 3.92. The summed E-state index contributed by atoms with van der Waals surface area (Å²) in [6, 6.07) is 0. The van der Waals surface area contributed by atoms with E-state index in [1.165, 1.54) is 6.20 Å². The Hall–Kier alpha value is -1.57. The van der Waals surface area contributed by atoms with Gasteiger partial charge >= 0.3 is 0 Å². The first-order valence-corrected chi connectivity index (χ1v) is 4.05. The highest BCUT2D eigenvalue weighted by Crippen LogP contribution is 2.10. The summed E-state index contributed by atoms with van der Waals surface area (Å²) >= 11 is 0. The second kappa shape index (κ2) is 6.00. The minimum atomic E-state index is 0.479. The lowest BCUT2D eigenvalue weighted by atomic mass is 10.1. The number of allylic oxidation sites excluding steroid dienone is 3. The number of aliphatic imine (C=N–C) groups is 1. The lowest BCUT2D eigenvalue weighted by Gasteiger charge is -2.05. The third-order valence-electron chi connectivity index (χ3n) is 1.67. The standard InChI is InChI=1S/C11H16N2/c1-5-8-10(9(4)6-2)11(12)13-7-3/h5-7H,1-3,8H2,4H3,(H2,12,13)/b10-9-. The first-order chi connectivity index (χ1) is 6.17. The fourth-order valence-corrected chi connectivity index (χ4v) is 0.911. The molecule has 0 saturated carbocycles. The zero-order chi connectivity index (χ0) is 10.3. The van der Waals surface area contributed by atoms with E-state index in [0.717, 1.165) is 11.1 Å².